The molecule has 0 radical (unpaired) electrons. The third-order valence-corrected chi connectivity index (χ3v) is 4.09. The van der Waals surface area contributed by atoms with Crippen molar-refractivity contribution in [3.63, 3.8) is 0 Å². The number of carbonyl (C=O) groups excluding carboxylic acids is 1. The van der Waals surface area contributed by atoms with Crippen LogP contribution in [0.4, 0.5) is 0 Å². The van der Waals surface area contributed by atoms with E-state index in [-0.39, 0.29) is 5.78 Å². The largest absolute Gasteiger partial charge is 0.295 e. The molecule has 1 saturated carbocycles. The van der Waals surface area contributed by atoms with E-state index in [9.17, 15) is 4.79 Å². The second kappa shape index (κ2) is 4.82. The van der Waals surface area contributed by atoms with Gasteiger partial charge in [-0.05, 0) is 48.4 Å². The predicted octanol–water partition coefficient (Wildman–Crippen LogP) is 4.81. The van der Waals surface area contributed by atoms with Crippen molar-refractivity contribution in [2.45, 2.75) is 25.2 Å². The molecule has 0 saturated heterocycles. The molecule has 0 amide bonds. The topological polar surface area (TPSA) is 17.1 Å². The van der Waals surface area contributed by atoms with Crippen molar-refractivity contribution >= 4 is 17.4 Å². The molecule has 0 spiro atoms. The lowest BCUT2D eigenvalue weighted by atomic mass is 10.0. The van der Waals surface area contributed by atoms with E-state index in [1.54, 1.807) is 6.92 Å². The zero-order valence-electron chi connectivity index (χ0n) is 10.8. The quantitative estimate of drug-likeness (QED) is 0.731. The first-order valence-electron chi connectivity index (χ1n) is 6.51. The van der Waals surface area contributed by atoms with E-state index in [0.29, 0.717) is 11.8 Å². The summed E-state index contributed by atoms with van der Waals surface area (Å²) in [5.41, 5.74) is 3.46. The van der Waals surface area contributed by atoms with Crippen LogP contribution < -0.4 is 0 Å². The molecule has 2 aromatic rings. The predicted molar refractivity (Wildman–Crippen MR) is 78.0 cm³/mol. The van der Waals surface area contributed by atoms with Crippen LogP contribution in [0.1, 0.15) is 46.7 Å². The summed E-state index contributed by atoms with van der Waals surface area (Å²) in [6.07, 6.45) is 1.18. The highest BCUT2D eigenvalue weighted by Gasteiger charge is 2.39. The number of ketones is 1. The first kappa shape index (κ1) is 12.4. The molecule has 1 fully saturated rings. The van der Waals surface area contributed by atoms with Crippen molar-refractivity contribution in [3.8, 4) is 0 Å². The van der Waals surface area contributed by atoms with Crippen LogP contribution in [0.5, 0.6) is 0 Å². The Morgan fingerprint density at radius 3 is 1.89 bits per heavy atom. The van der Waals surface area contributed by atoms with Gasteiger partial charge in [-0.3, -0.25) is 4.79 Å². The van der Waals surface area contributed by atoms with Crippen molar-refractivity contribution in [1.82, 2.24) is 0 Å². The minimum absolute atomic E-state index is 0.122. The Morgan fingerprint density at radius 2 is 1.42 bits per heavy atom. The third kappa shape index (κ3) is 2.57. The first-order valence-corrected chi connectivity index (χ1v) is 6.89. The fraction of sp³-hybridized carbons (Fsp3) is 0.235. The monoisotopic (exact) mass is 270 g/mol. The molecular formula is C17H15ClO. The van der Waals surface area contributed by atoms with Crippen LogP contribution in [0.3, 0.4) is 0 Å². The van der Waals surface area contributed by atoms with Crippen molar-refractivity contribution in [2.75, 3.05) is 0 Å². The van der Waals surface area contributed by atoms with E-state index in [1.165, 1.54) is 17.5 Å². The lowest BCUT2D eigenvalue weighted by Gasteiger charge is -2.03. The zero-order valence-corrected chi connectivity index (χ0v) is 11.5. The highest BCUT2D eigenvalue weighted by atomic mass is 35.5. The van der Waals surface area contributed by atoms with Crippen LogP contribution in [0.2, 0.25) is 5.02 Å². The summed E-state index contributed by atoms with van der Waals surface area (Å²) in [5, 5.41) is 0.784. The molecule has 0 unspecified atom stereocenters. The van der Waals surface area contributed by atoms with Gasteiger partial charge in [0.15, 0.2) is 5.78 Å². The molecule has 96 valence electrons. The van der Waals surface area contributed by atoms with E-state index >= 15 is 0 Å². The Hall–Kier alpha value is -1.60. The molecule has 2 atom stereocenters. The molecular weight excluding hydrogens is 256 g/mol. The van der Waals surface area contributed by atoms with Gasteiger partial charge in [-0.1, -0.05) is 48.0 Å². The summed E-state index contributed by atoms with van der Waals surface area (Å²) >= 11 is 5.91. The lowest BCUT2D eigenvalue weighted by molar-refractivity contribution is 0.101. The van der Waals surface area contributed by atoms with Crippen LogP contribution in [0.25, 0.3) is 0 Å². The summed E-state index contributed by atoms with van der Waals surface area (Å²) in [4.78, 5) is 11.2. The normalized spacial score (nSPS) is 21.2. The van der Waals surface area contributed by atoms with E-state index in [2.05, 4.69) is 24.3 Å². The molecule has 1 aliphatic carbocycles. The van der Waals surface area contributed by atoms with Gasteiger partial charge in [-0.15, -0.1) is 0 Å². The van der Waals surface area contributed by atoms with Crippen LogP contribution in [-0.2, 0) is 0 Å². The highest BCUT2D eigenvalue weighted by Crippen LogP contribution is 2.54. The van der Waals surface area contributed by atoms with Crippen LogP contribution >= 0.6 is 11.6 Å². The minimum Gasteiger partial charge on any atom is -0.295 e. The lowest BCUT2D eigenvalue weighted by Crippen LogP contribution is -1.92. The average molecular weight is 271 g/mol. The highest BCUT2D eigenvalue weighted by molar-refractivity contribution is 6.30. The van der Waals surface area contributed by atoms with Gasteiger partial charge in [0.2, 0.25) is 0 Å². The van der Waals surface area contributed by atoms with E-state index < -0.39 is 0 Å². The van der Waals surface area contributed by atoms with Gasteiger partial charge >= 0.3 is 0 Å². The summed E-state index contributed by atoms with van der Waals surface area (Å²) < 4.78 is 0. The third-order valence-electron chi connectivity index (χ3n) is 3.83. The summed E-state index contributed by atoms with van der Waals surface area (Å²) in [6, 6.07) is 16.1. The molecule has 0 aliphatic heterocycles. The fourth-order valence-corrected chi connectivity index (χ4v) is 2.73. The minimum atomic E-state index is 0.122. The molecule has 0 heterocycles. The molecule has 0 aromatic heterocycles. The maximum atomic E-state index is 11.2. The van der Waals surface area contributed by atoms with Crippen molar-refractivity contribution in [2.24, 2.45) is 0 Å². The van der Waals surface area contributed by atoms with Gasteiger partial charge in [0.25, 0.3) is 0 Å². The number of halogens is 1. The van der Waals surface area contributed by atoms with Gasteiger partial charge in [0.05, 0.1) is 0 Å². The van der Waals surface area contributed by atoms with Crippen LogP contribution in [-0.4, -0.2) is 5.78 Å². The van der Waals surface area contributed by atoms with E-state index in [0.717, 1.165) is 10.6 Å². The molecule has 1 aliphatic rings. The van der Waals surface area contributed by atoms with Gasteiger partial charge in [0.1, 0.15) is 0 Å². The number of hydrogen-bond donors (Lipinski definition) is 0. The molecule has 0 N–H and O–H groups in total. The number of benzene rings is 2. The van der Waals surface area contributed by atoms with Crippen molar-refractivity contribution in [1.29, 1.82) is 0 Å². The zero-order chi connectivity index (χ0) is 13.4. The second-order valence-corrected chi connectivity index (χ2v) is 5.61. The van der Waals surface area contributed by atoms with Crippen LogP contribution in [0.15, 0.2) is 48.5 Å². The molecule has 3 rings (SSSR count). The SMILES string of the molecule is CC(=O)c1ccc([C@@H]2C[C@@H]2c2ccc(Cl)cc2)cc1. The maximum absolute atomic E-state index is 11.2. The van der Waals surface area contributed by atoms with Gasteiger partial charge < -0.3 is 0 Å². The number of Topliss-reactive ketones (excluding diaryl/α,β-unsaturated/α-hetero) is 1. The van der Waals surface area contributed by atoms with E-state index in [1.807, 2.05) is 24.3 Å². The van der Waals surface area contributed by atoms with Gasteiger partial charge in [-0.2, -0.15) is 0 Å². The van der Waals surface area contributed by atoms with E-state index in [4.69, 9.17) is 11.6 Å². The van der Waals surface area contributed by atoms with Gasteiger partial charge in [0, 0.05) is 10.6 Å². The number of rotatable bonds is 3. The standard InChI is InChI=1S/C17H15ClO/c1-11(19)12-2-4-13(5-3-12)16-10-17(16)14-6-8-15(18)9-7-14/h2-9,16-17H,10H2,1H3/t16-,17+/m0/s1. The number of carbonyl (C=O) groups is 1. The average Bonchev–Trinajstić information content (AvgIpc) is 3.20. The molecule has 2 heteroatoms. The summed E-state index contributed by atoms with van der Waals surface area (Å²) in [7, 11) is 0. The summed E-state index contributed by atoms with van der Waals surface area (Å²) in [5.74, 6) is 1.30. The van der Waals surface area contributed by atoms with Crippen LogP contribution in [0, 0.1) is 0 Å². The maximum Gasteiger partial charge on any atom is 0.159 e. The van der Waals surface area contributed by atoms with Crippen molar-refractivity contribution in [3.05, 3.63) is 70.2 Å². The number of hydrogen-bond acceptors (Lipinski definition) is 1. The Kier molecular flexibility index (Phi) is 3.16. The second-order valence-electron chi connectivity index (χ2n) is 5.18. The Bertz CT molecular complexity index is 598. The molecule has 0 bridgehead atoms. The van der Waals surface area contributed by atoms with Gasteiger partial charge in [-0.25, -0.2) is 0 Å². The first-order chi connectivity index (χ1) is 9.15. The Balaban J connectivity index is 1.75. The van der Waals surface area contributed by atoms with Crippen molar-refractivity contribution < 1.29 is 4.79 Å². The molecule has 1 nitrogen and oxygen atoms in total. The smallest absolute Gasteiger partial charge is 0.159 e. The fourth-order valence-electron chi connectivity index (χ4n) is 2.61. The Labute approximate surface area is 118 Å². The molecule has 19 heavy (non-hydrogen) atoms. The molecule has 2 aromatic carbocycles. The summed E-state index contributed by atoms with van der Waals surface area (Å²) in [6.45, 7) is 1.60. The Morgan fingerprint density at radius 1 is 0.947 bits per heavy atom.